The third kappa shape index (κ3) is 7.79. The maximum Gasteiger partial charge on any atom is 0.236 e. The van der Waals surface area contributed by atoms with Gasteiger partial charge in [-0.3, -0.25) is 4.99 Å². The van der Waals surface area contributed by atoms with Gasteiger partial charge in [0.05, 0.1) is 30.3 Å². The minimum Gasteiger partial charge on any atom is -0.443 e. The number of aromatic nitrogens is 1. The lowest BCUT2D eigenvalue weighted by Crippen LogP contribution is -2.39. The summed E-state index contributed by atoms with van der Waals surface area (Å²) in [7, 11) is 1.76. The van der Waals surface area contributed by atoms with Crippen molar-refractivity contribution in [3.05, 3.63) is 65.4 Å². The van der Waals surface area contributed by atoms with Crippen LogP contribution in [0.1, 0.15) is 18.2 Å². The summed E-state index contributed by atoms with van der Waals surface area (Å²) in [5.74, 6) is 1.74. The Labute approximate surface area is 192 Å². The molecule has 8 heteroatoms. The average molecular weight is 526 g/mol. The number of thiophene rings is 1. The van der Waals surface area contributed by atoms with E-state index in [4.69, 9.17) is 9.15 Å². The Morgan fingerprint density at radius 3 is 2.76 bits per heavy atom. The van der Waals surface area contributed by atoms with Gasteiger partial charge in [-0.15, -0.1) is 35.3 Å². The summed E-state index contributed by atoms with van der Waals surface area (Å²) in [6.45, 7) is 4.79. The van der Waals surface area contributed by atoms with Gasteiger partial charge >= 0.3 is 0 Å². The van der Waals surface area contributed by atoms with Gasteiger partial charge in [0, 0.05) is 13.6 Å². The Balaban J connectivity index is 0.00000300. The highest BCUT2D eigenvalue weighted by molar-refractivity contribution is 14.0. The van der Waals surface area contributed by atoms with Gasteiger partial charge < -0.3 is 19.8 Å². The quantitative estimate of drug-likeness (QED) is 0.244. The third-order valence-electron chi connectivity index (χ3n) is 4.08. The predicted molar refractivity (Wildman–Crippen MR) is 129 cm³/mol. The lowest BCUT2D eigenvalue weighted by molar-refractivity contribution is 0.0931. The van der Waals surface area contributed by atoms with Crippen molar-refractivity contribution in [2.45, 2.75) is 20.1 Å². The van der Waals surface area contributed by atoms with Crippen LogP contribution in [0.5, 0.6) is 0 Å². The first-order valence-electron chi connectivity index (χ1n) is 9.29. The minimum absolute atomic E-state index is 0. The van der Waals surface area contributed by atoms with Crippen LogP contribution in [0.15, 0.2) is 63.5 Å². The number of guanidine groups is 1. The zero-order chi connectivity index (χ0) is 19.6. The molecule has 2 heterocycles. The molecule has 3 aromatic rings. The molecule has 156 valence electrons. The molecule has 6 nitrogen and oxygen atoms in total. The van der Waals surface area contributed by atoms with Gasteiger partial charge in [0.2, 0.25) is 5.89 Å². The second kappa shape index (κ2) is 12.6. The van der Waals surface area contributed by atoms with Crippen molar-refractivity contribution in [2.75, 3.05) is 20.2 Å². The zero-order valence-corrected chi connectivity index (χ0v) is 19.8. The zero-order valence-electron chi connectivity index (χ0n) is 16.6. The summed E-state index contributed by atoms with van der Waals surface area (Å²) in [6.07, 6.45) is 1.68. The van der Waals surface area contributed by atoms with E-state index < -0.39 is 0 Å². The lowest BCUT2D eigenvalue weighted by atomic mass is 10.2. The summed E-state index contributed by atoms with van der Waals surface area (Å²) >= 11 is 1.61. The number of nitrogens with one attached hydrogen (secondary N) is 2. The first-order valence-corrected chi connectivity index (χ1v) is 10.2. The van der Waals surface area contributed by atoms with Crippen molar-refractivity contribution in [3.8, 4) is 10.8 Å². The van der Waals surface area contributed by atoms with Crippen LogP contribution in [-0.4, -0.2) is 31.1 Å². The third-order valence-corrected chi connectivity index (χ3v) is 4.93. The molecule has 0 spiro atoms. The van der Waals surface area contributed by atoms with Crippen LogP contribution in [0.4, 0.5) is 0 Å². The van der Waals surface area contributed by atoms with Gasteiger partial charge in [-0.2, -0.15) is 0 Å². The monoisotopic (exact) mass is 526 g/mol. The Morgan fingerprint density at radius 2 is 2.03 bits per heavy atom. The van der Waals surface area contributed by atoms with Gasteiger partial charge in [-0.25, -0.2) is 4.98 Å². The molecule has 0 saturated carbocycles. The molecule has 1 atom stereocenters. The molecule has 0 radical (unpaired) electrons. The summed E-state index contributed by atoms with van der Waals surface area (Å²) in [4.78, 5) is 9.78. The summed E-state index contributed by atoms with van der Waals surface area (Å²) in [5, 5.41) is 8.59. The number of hydrogen-bond donors (Lipinski definition) is 2. The fraction of sp³-hybridized carbons (Fsp3) is 0.333. The SMILES string of the molecule is CN=C(NCc1coc(-c2cccs2)n1)NCC(C)COCc1ccccc1.I. The minimum atomic E-state index is 0. The highest BCUT2D eigenvalue weighted by atomic mass is 127. The average Bonchev–Trinajstić information content (AvgIpc) is 3.41. The van der Waals surface area contributed by atoms with E-state index in [0.29, 0.717) is 31.6 Å². The molecule has 1 unspecified atom stereocenters. The first-order chi connectivity index (χ1) is 13.7. The van der Waals surface area contributed by atoms with Crippen molar-refractivity contribution < 1.29 is 9.15 Å². The molecule has 0 amide bonds. The fourth-order valence-electron chi connectivity index (χ4n) is 2.58. The number of oxazole rings is 1. The van der Waals surface area contributed by atoms with E-state index in [1.807, 2.05) is 35.7 Å². The molecule has 2 aromatic heterocycles. The van der Waals surface area contributed by atoms with E-state index in [2.05, 4.69) is 39.7 Å². The Hall–Kier alpha value is -1.91. The van der Waals surface area contributed by atoms with E-state index in [0.717, 1.165) is 23.1 Å². The van der Waals surface area contributed by atoms with Crippen LogP contribution in [-0.2, 0) is 17.9 Å². The number of aliphatic imine (C=N–C) groups is 1. The molecule has 1 aromatic carbocycles. The summed E-state index contributed by atoms with van der Waals surface area (Å²) in [5.41, 5.74) is 2.03. The second-order valence-electron chi connectivity index (χ2n) is 6.53. The van der Waals surface area contributed by atoms with Crippen molar-refractivity contribution in [1.29, 1.82) is 0 Å². The molecule has 0 aliphatic rings. The van der Waals surface area contributed by atoms with E-state index in [1.54, 1.807) is 24.6 Å². The number of ether oxygens (including phenoxy) is 1. The van der Waals surface area contributed by atoms with Crippen LogP contribution in [0.2, 0.25) is 0 Å². The predicted octanol–water partition coefficient (Wildman–Crippen LogP) is 4.54. The number of hydrogen-bond acceptors (Lipinski definition) is 5. The lowest BCUT2D eigenvalue weighted by Gasteiger charge is -2.16. The number of halogens is 1. The molecule has 0 aliphatic carbocycles. The molecule has 29 heavy (non-hydrogen) atoms. The second-order valence-corrected chi connectivity index (χ2v) is 7.48. The van der Waals surface area contributed by atoms with Crippen LogP contribution in [0, 0.1) is 5.92 Å². The van der Waals surface area contributed by atoms with E-state index in [-0.39, 0.29) is 24.0 Å². The number of benzene rings is 1. The molecule has 0 fully saturated rings. The van der Waals surface area contributed by atoms with Gasteiger partial charge in [-0.05, 0) is 22.9 Å². The Kier molecular flexibility index (Phi) is 10.2. The van der Waals surface area contributed by atoms with Crippen molar-refractivity contribution >= 4 is 41.3 Å². The first kappa shape index (κ1) is 23.4. The topological polar surface area (TPSA) is 71.7 Å². The molecular formula is C21H27IN4O2S. The van der Waals surface area contributed by atoms with Crippen LogP contribution >= 0.6 is 35.3 Å². The van der Waals surface area contributed by atoms with Gasteiger partial charge in [0.25, 0.3) is 0 Å². The molecule has 0 aliphatic heterocycles. The van der Waals surface area contributed by atoms with Crippen LogP contribution in [0.25, 0.3) is 10.8 Å². The largest absolute Gasteiger partial charge is 0.443 e. The molecule has 0 bridgehead atoms. The van der Waals surface area contributed by atoms with Crippen LogP contribution in [0.3, 0.4) is 0 Å². The highest BCUT2D eigenvalue weighted by Crippen LogP contribution is 2.23. The summed E-state index contributed by atoms with van der Waals surface area (Å²) < 4.78 is 11.3. The Morgan fingerprint density at radius 1 is 1.21 bits per heavy atom. The van der Waals surface area contributed by atoms with E-state index in [9.17, 15) is 0 Å². The molecule has 3 rings (SSSR count). The van der Waals surface area contributed by atoms with E-state index in [1.165, 1.54) is 5.56 Å². The molecular weight excluding hydrogens is 499 g/mol. The van der Waals surface area contributed by atoms with Crippen LogP contribution < -0.4 is 10.6 Å². The smallest absolute Gasteiger partial charge is 0.236 e. The summed E-state index contributed by atoms with van der Waals surface area (Å²) in [6, 6.07) is 14.2. The van der Waals surface area contributed by atoms with Crippen molar-refractivity contribution in [2.24, 2.45) is 10.9 Å². The van der Waals surface area contributed by atoms with Gasteiger partial charge in [0.1, 0.15) is 6.26 Å². The maximum absolute atomic E-state index is 5.79. The highest BCUT2D eigenvalue weighted by Gasteiger charge is 2.09. The normalized spacial score (nSPS) is 12.3. The standard InChI is InChI=1S/C21H26N4O2S.HI/c1-16(13-26-14-17-7-4-3-5-8-17)11-23-21(22-2)24-12-18-15-27-20(25-18)19-9-6-10-28-19;/h3-10,15-16H,11-14H2,1-2H3,(H2,22,23,24);1H. The van der Waals surface area contributed by atoms with E-state index >= 15 is 0 Å². The molecule has 2 N–H and O–H groups in total. The maximum atomic E-state index is 5.79. The fourth-order valence-corrected chi connectivity index (χ4v) is 3.23. The van der Waals surface area contributed by atoms with Crippen molar-refractivity contribution in [3.63, 3.8) is 0 Å². The number of rotatable bonds is 9. The molecule has 0 saturated heterocycles. The Bertz CT molecular complexity index is 853. The van der Waals surface area contributed by atoms with Gasteiger partial charge in [-0.1, -0.05) is 43.3 Å². The number of nitrogens with zero attached hydrogens (tertiary/aromatic N) is 2. The van der Waals surface area contributed by atoms with Crippen molar-refractivity contribution in [1.82, 2.24) is 15.6 Å². The van der Waals surface area contributed by atoms with Gasteiger partial charge in [0.15, 0.2) is 5.96 Å².